The Bertz CT molecular complexity index is 2740. The van der Waals surface area contributed by atoms with Gasteiger partial charge in [-0.25, -0.2) is 0 Å². The van der Waals surface area contributed by atoms with Crippen molar-refractivity contribution in [2.45, 2.75) is 85.7 Å². The number of carbonyl (C=O) groups excluding carboxylic acids is 7. The van der Waals surface area contributed by atoms with Gasteiger partial charge in [0.2, 0.25) is 23.6 Å². The van der Waals surface area contributed by atoms with Gasteiger partial charge in [-0.15, -0.1) is 0 Å². The molecule has 6 amide bonds. The fourth-order valence-electron chi connectivity index (χ4n) is 9.25. The van der Waals surface area contributed by atoms with E-state index in [0.717, 1.165) is 27.5 Å². The molecule has 596 valence electrons. The molecule has 35 heteroatoms. The fraction of sp³-hybridized carbons (Fsp3) is 0.754. The summed E-state index contributed by atoms with van der Waals surface area (Å²) in [6.45, 7) is 23.9. The second kappa shape index (κ2) is 56.6. The van der Waals surface area contributed by atoms with Crippen LogP contribution in [0.25, 0.3) is 5.57 Å². The molecule has 0 bridgehead atoms. The average molecular weight is 1510 g/mol. The molecule has 0 radical (unpaired) electrons. The van der Waals surface area contributed by atoms with Crippen LogP contribution in [0.3, 0.4) is 0 Å². The Morgan fingerprint density at radius 3 is 1.38 bits per heavy atom. The zero-order valence-electron chi connectivity index (χ0n) is 61.9. The molecule has 0 spiro atoms. The van der Waals surface area contributed by atoms with Crippen LogP contribution in [0.15, 0.2) is 36.4 Å². The molecular formula is C69H115N5O29S. The van der Waals surface area contributed by atoms with Gasteiger partial charge in [0.25, 0.3) is 21.9 Å². The number of rotatable bonds is 66. The molecule has 3 rings (SSSR count). The number of benzene rings is 1. The number of imide groups is 1. The zero-order valence-corrected chi connectivity index (χ0v) is 62.7. The number of carbonyl (C=O) groups is 7. The summed E-state index contributed by atoms with van der Waals surface area (Å²) in [5.41, 5.74) is 1.65. The van der Waals surface area contributed by atoms with Crippen LogP contribution < -0.4 is 16.0 Å². The number of hydrogen-bond acceptors (Lipinski definition) is 28. The minimum atomic E-state index is -4.37. The van der Waals surface area contributed by atoms with Gasteiger partial charge in [-0.3, -0.25) is 43.0 Å². The van der Waals surface area contributed by atoms with E-state index < -0.39 is 106 Å². The number of anilines is 1. The van der Waals surface area contributed by atoms with Crippen molar-refractivity contribution in [2.75, 3.05) is 250 Å². The lowest BCUT2D eigenvalue weighted by molar-refractivity contribution is -0.154. The Hall–Kier alpha value is -5.62. The van der Waals surface area contributed by atoms with Crippen molar-refractivity contribution in [2.24, 2.45) is 11.3 Å². The van der Waals surface area contributed by atoms with Crippen LogP contribution in [0, 0.1) is 11.3 Å². The van der Waals surface area contributed by atoms with E-state index in [4.69, 9.17) is 94.6 Å². The molecule has 34 nitrogen and oxygen atoms in total. The summed E-state index contributed by atoms with van der Waals surface area (Å²) in [5.74, 6) is -5.99. The summed E-state index contributed by atoms with van der Waals surface area (Å²) in [5, 5.41) is 8.06. The Morgan fingerprint density at radius 1 is 0.567 bits per heavy atom. The lowest BCUT2D eigenvalue weighted by Gasteiger charge is -2.27. The van der Waals surface area contributed by atoms with Crippen molar-refractivity contribution in [1.82, 2.24) is 20.4 Å². The molecule has 0 aromatic heterocycles. The number of allylic oxidation sites excluding steroid dienone is 1. The third-order valence-electron chi connectivity index (χ3n) is 14.9. The molecular weight excluding hydrogens is 1390 g/mol. The summed E-state index contributed by atoms with van der Waals surface area (Å²) in [7, 11) is -2.74. The summed E-state index contributed by atoms with van der Waals surface area (Å²) >= 11 is 0. The minimum absolute atomic E-state index is 0.0587. The van der Waals surface area contributed by atoms with Crippen molar-refractivity contribution in [3.8, 4) is 0 Å². The molecule has 4 atom stereocenters. The van der Waals surface area contributed by atoms with Gasteiger partial charge in [-0.05, 0) is 69.4 Å². The second-order valence-corrected chi connectivity index (χ2v) is 26.2. The lowest BCUT2D eigenvalue weighted by atomic mass is 9.97. The van der Waals surface area contributed by atoms with Crippen LogP contribution in [0.2, 0.25) is 0 Å². The molecule has 1 saturated heterocycles. The summed E-state index contributed by atoms with van der Waals surface area (Å²) in [6, 6.07) is 0.530. The van der Waals surface area contributed by atoms with Crippen LogP contribution in [-0.2, 0) is 140 Å². The smallest absolute Gasteiger partial charge is 0.311 e. The highest BCUT2D eigenvalue weighted by atomic mass is 32.2. The first kappa shape index (κ1) is 92.6. The number of methoxy groups -OCH3 is 1. The fourth-order valence-corrected chi connectivity index (χ4v) is 9.58. The van der Waals surface area contributed by atoms with E-state index in [-0.39, 0.29) is 39.6 Å². The SMILES string of the molecule is COCCOCCOCCOCCOCCOCCOCOCCOCCOCCOCCOCCOCCOCCOCCOCCOC/C=C(\C)c1cc(NC(=O)[C@H](C)NC(=O)[C@@H](NC(=O)CN2C(=O)[C@@H](N3C(=O)C=CC3=O)C[C@H]2COCCS(=O)(=O)O)C(C)C)ccc1COC(=O)C(C)(C)C. The standard InChI is InChI=1S/C69H115N5O29S/c1-53(2)64(72-61(75)49-73-58(51-100-45-46-104(82,83)84)48-60(67(73)80)74-62(76)11-12-63(74)77)66(79)70-55(4)65(78)71-57-10-9-56(50-103-68(81)69(5,6)7)59(47-57)54(3)13-14-86-17-18-88-21-22-90-25-26-92-27-28-93-29-30-94-31-32-95-34-36-97-38-40-99-42-44-102-52-101-43-41-98-39-37-96-35-33-91-24-23-89-20-19-87-16-15-85-8/h9-13,47,53,55,58,60,64H,14-46,48-52H2,1-8H3,(H,70,79)(H,71,78)(H,72,75)(H,82,83,84)/b54-13+/t55-,58-,60-,64-/m0/s1. The Balaban J connectivity index is 1.19. The highest BCUT2D eigenvalue weighted by Gasteiger charge is 2.47. The maximum Gasteiger partial charge on any atom is 0.311 e. The van der Waals surface area contributed by atoms with Gasteiger partial charge in [-0.1, -0.05) is 26.0 Å². The first-order valence-corrected chi connectivity index (χ1v) is 36.6. The maximum absolute atomic E-state index is 13.7. The Kier molecular flexibility index (Phi) is 50.4. The van der Waals surface area contributed by atoms with Gasteiger partial charge in [0.1, 0.15) is 31.5 Å². The topological polar surface area (TPSA) is 392 Å². The number of nitrogens with zero attached hydrogens (tertiary/aromatic N) is 2. The minimum Gasteiger partial charge on any atom is -0.460 e. The molecule has 2 heterocycles. The monoisotopic (exact) mass is 1510 g/mol. The number of ether oxygens (including phenoxy) is 19. The molecule has 0 unspecified atom stereocenters. The summed E-state index contributed by atoms with van der Waals surface area (Å²) in [6.07, 6.45) is 3.72. The molecule has 1 aromatic carbocycles. The highest BCUT2D eigenvalue weighted by Crippen LogP contribution is 2.28. The van der Waals surface area contributed by atoms with Gasteiger partial charge >= 0.3 is 5.97 Å². The second-order valence-electron chi connectivity index (χ2n) is 24.7. The van der Waals surface area contributed by atoms with E-state index in [1.165, 1.54) is 6.92 Å². The van der Waals surface area contributed by atoms with Crippen LogP contribution in [0.5, 0.6) is 0 Å². The third-order valence-corrected chi connectivity index (χ3v) is 15.6. The molecule has 0 aliphatic carbocycles. The van der Waals surface area contributed by atoms with Crippen molar-refractivity contribution in [3.63, 3.8) is 0 Å². The number of likely N-dealkylation sites (tertiary alicyclic amines) is 1. The van der Waals surface area contributed by atoms with E-state index >= 15 is 0 Å². The largest absolute Gasteiger partial charge is 0.460 e. The predicted octanol–water partition coefficient (Wildman–Crippen LogP) is 1.43. The first-order valence-electron chi connectivity index (χ1n) is 35.0. The van der Waals surface area contributed by atoms with Crippen LogP contribution >= 0.6 is 0 Å². The number of esters is 1. The highest BCUT2D eigenvalue weighted by molar-refractivity contribution is 7.85. The molecule has 2 aliphatic heterocycles. The maximum atomic E-state index is 13.7. The molecule has 2 aliphatic rings. The Morgan fingerprint density at radius 2 is 0.981 bits per heavy atom. The number of hydrogen-bond donors (Lipinski definition) is 4. The van der Waals surface area contributed by atoms with Crippen molar-refractivity contribution in [3.05, 3.63) is 47.6 Å². The first-order chi connectivity index (χ1) is 50.0. The number of amides is 6. The normalized spacial score (nSPS) is 15.6. The van der Waals surface area contributed by atoms with Crippen LogP contribution in [0.1, 0.15) is 66.0 Å². The van der Waals surface area contributed by atoms with E-state index in [1.807, 2.05) is 13.0 Å². The molecule has 104 heavy (non-hydrogen) atoms. The quantitative estimate of drug-likeness (QED) is 0.0236. The Labute approximate surface area is 611 Å². The van der Waals surface area contributed by atoms with E-state index in [0.29, 0.717) is 208 Å². The average Bonchev–Trinajstić information content (AvgIpc) is 1.63. The number of nitrogens with one attached hydrogen (secondary N) is 3. The van der Waals surface area contributed by atoms with Gasteiger partial charge in [0.05, 0.1) is 242 Å². The zero-order chi connectivity index (χ0) is 76.1. The summed E-state index contributed by atoms with van der Waals surface area (Å²) < 4.78 is 136. The van der Waals surface area contributed by atoms with Crippen molar-refractivity contribution < 1.29 is 137 Å². The van der Waals surface area contributed by atoms with E-state index in [1.54, 1.807) is 59.9 Å². The molecule has 1 aromatic rings. The van der Waals surface area contributed by atoms with Gasteiger partial charge in [0.15, 0.2) is 0 Å². The van der Waals surface area contributed by atoms with E-state index in [2.05, 4.69) is 16.0 Å². The third kappa shape index (κ3) is 43.3. The predicted molar refractivity (Wildman–Crippen MR) is 375 cm³/mol. The van der Waals surface area contributed by atoms with Crippen LogP contribution in [-0.4, -0.2) is 333 Å². The molecule has 1 fully saturated rings. The van der Waals surface area contributed by atoms with Gasteiger partial charge in [-0.2, -0.15) is 8.42 Å². The molecule has 4 N–H and O–H groups in total. The lowest BCUT2D eigenvalue weighted by Crippen LogP contribution is -2.56. The summed E-state index contributed by atoms with van der Waals surface area (Å²) in [4.78, 5) is 94.2. The molecule has 0 saturated carbocycles. The van der Waals surface area contributed by atoms with Crippen molar-refractivity contribution >= 4 is 62.8 Å². The van der Waals surface area contributed by atoms with E-state index in [9.17, 15) is 42.0 Å². The van der Waals surface area contributed by atoms with Crippen molar-refractivity contribution in [1.29, 1.82) is 0 Å². The van der Waals surface area contributed by atoms with Gasteiger partial charge < -0.3 is 111 Å². The van der Waals surface area contributed by atoms with Crippen LogP contribution in [0.4, 0.5) is 5.69 Å². The van der Waals surface area contributed by atoms with Gasteiger partial charge in [0, 0.05) is 31.4 Å².